The molecule has 1 aliphatic carbocycles. The van der Waals surface area contributed by atoms with E-state index >= 15 is 0 Å². The maximum Gasteiger partial charge on any atom is 0.0617 e. The van der Waals surface area contributed by atoms with Crippen molar-refractivity contribution < 1.29 is 5.11 Å². The predicted octanol–water partition coefficient (Wildman–Crippen LogP) is 1.85. The lowest BCUT2D eigenvalue weighted by Crippen LogP contribution is -2.36. The number of aliphatic hydroxyl groups is 1. The van der Waals surface area contributed by atoms with Crippen LogP contribution in [0.3, 0.4) is 0 Å². The molecule has 2 rings (SSSR count). The minimum atomic E-state index is -0.104. The third-order valence-electron chi connectivity index (χ3n) is 3.49. The molecule has 2 N–H and O–H groups in total. The molecule has 0 spiro atoms. The smallest absolute Gasteiger partial charge is 0.0617 e. The number of piperidine rings is 1. The van der Waals surface area contributed by atoms with Crippen molar-refractivity contribution in [2.24, 2.45) is 5.92 Å². The quantitative estimate of drug-likeness (QED) is 0.674. The van der Waals surface area contributed by atoms with E-state index in [0.29, 0.717) is 5.92 Å². The van der Waals surface area contributed by atoms with Crippen molar-refractivity contribution in [3.05, 3.63) is 11.6 Å². The number of allylic oxidation sites excluding steroid dienone is 1. The van der Waals surface area contributed by atoms with Crippen LogP contribution in [0.15, 0.2) is 11.6 Å². The number of hydrogen-bond acceptors (Lipinski definition) is 2. The minimum absolute atomic E-state index is 0.104. The van der Waals surface area contributed by atoms with Gasteiger partial charge in [-0.25, -0.2) is 0 Å². The van der Waals surface area contributed by atoms with Gasteiger partial charge in [-0.1, -0.05) is 11.6 Å². The van der Waals surface area contributed by atoms with E-state index in [9.17, 15) is 5.11 Å². The summed E-state index contributed by atoms with van der Waals surface area (Å²) in [6, 6.07) is 0. The molecule has 14 heavy (non-hydrogen) atoms. The van der Waals surface area contributed by atoms with E-state index in [-0.39, 0.29) is 6.10 Å². The van der Waals surface area contributed by atoms with Crippen molar-refractivity contribution in [2.45, 2.75) is 44.6 Å². The van der Waals surface area contributed by atoms with Gasteiger partial charge < -0.3 is 10.4 Å². The zero-order chi connectivity index (χ0) is 9.80. The topological polar surface area (TPSA) is 32.3 Å². The molecule has 0 radical (unpaired) electrons. The first-order valence-electron chi connectivity index (χ1n) is 5.93. The molecular weight excluding hydrogens is 174 g/mol. The van der Waals surface area contributed by atoms with Gasteiger partial charge in [0.2, 0.25) is 0 Å². The molecule has 2 heteroatoms. The first-order chi connectivity index (χ1) is 6.86. The summed E-state index contributed by atoms with van der Waals surface area (Å²) in [5.74, 6) is 0.491. The number of nitrogens with one attached hydrogen (secondary N) is 1. The molecule has 0 bridgehead atoms. The van der Waals surface area contributed by atoms with E-state index in [4.69, 9.17) is 0 Å². The largest absolute Gasteiger partial charge is 0.392 e. The molecule has 0 aromatic carbocycles. The van der Waals surface area contributed by atoms with Gasteiger partial charge in [-0.05, 0) is 51.0 Å². The maximum absolute atomic E-state index is 10.1. The average Bonchev–Trinajstić information content (AvgIpc) is 2.72. The van der Waals surface area contributed by atoms with Crippen molar-refractivity contribution in [2.75, 3.05) is 13.1 Å². The number of rotatable bonds is 3. The number of hydrogen-bond donors (Lipinski definition) is 2. The zero-order valence-electron chi connectivity index (χ0n) is 8.84. The molecule has 0 aromatic heterocycles. The highest BCUT2D eigenvalue weighted by atomic mass is 16.3. The monoisotopic (exact) mass is 195 g/mol. The van der Waals surface area contributed by atoms with E-state index in [2.05, 4.69) is 11.4 Å². The van der Waals surface area contributed by atoms with Crippen LogP contribution in [0.2, 0.25) is 0 Å². The number of aliphatic hydroxyl groups excluding tert-OH is 1. The molecule has 1 fully saturated rings. The summed E-state index contributed by atoms with van der Waals surface area (Å²) in [7, 11) is 0. The molecule has 1 aliphatic heterocycles. The van der Waals surface area contributed by atoms with Crippen molar-refractivity contribution in [3.63, 3.8) is 0 Å². The maximum atomic E-state index is 10.1. The van der Waals surface area contributed by atoms with Gasteiger partial charge in [-0.3, -0.25) is 0 Å². The summed E-state index contributed by atoms with van der Waals surface area (Å²) in [6.45, 7) is 2.14. The highest BCUT2D eigenvalue weighted by Crippen LogP contribution is 2.26. The lowest BCUT2D eigenvalue weighted by molar-refractivity contribution is 0.0917. The van der Waals surface area contributed by atoms with Crippen molar-refractivity contribution in [3.8, 4) is 0 Å². The van der Waals surface area contributed by atoms with Crippen LogP contribution in [-0.2, 0) is 0 Å². The highest BCUT2D eigenvalue weighted by molar-refractivity contribution is 5.09. The molecule has 1 heterocycles. The van der Waals surface area contributed by atoms with Crippen LogP contribution in [0.1, 0.15) is 38.5 Å². The molecule has 0 amide bonds. The van der Waals surface area contributed by atoms with Gasteiger partial charge in [0, 0.05) is 6.54 Å². The normalized spacial score (nSPS) is 30.1. The van der Waals surface area contributed by atoms with Crippen LogP contribution < -0.4 is 5.32 Å². The van der Waals surface area contributed by atoms with Gasteiger partial charge in [0.25, 0.3) is 0 Å². The predicted molar refractivity (Wildman–Crippen MR) is 58.2 cm³/mol. The Balaban J connectivity index is 1.78. The zero-order valence-corrected chi connectivity index (χ0v) is 8.84. The van der Waals surface area contributed by atoms with Gasteiger partial charge in [-0.15, -0.1) is 0 Å². The van der Waals surface area contributed by atoms with Crippen molar-refractivity contribution in [1.29, 1.82) is 0 Å². The van der Waals surface area contributed by atoms with Crippen molar-refractivity contribution in [1.82, 2.24) is 5.32 Å². The Morgan fingerprint density at radius 2 is 2.43 bits per heavy atom. The third-order valence-corrected chi connectivity index (χ3v) is 3.49. The van der Waals surface area contributed by atoms with Crippen LogP contribution in [0.25, 0.3) is 0 Å². The van der Waals surface area contributed by atoms with Crippen LogP contribution in [-0.4, -0.2) is 24.3 Å². The van der Waals surface area contributed by atoms with E-state index < -0.39 is 0 Å². The Morgan fingerprint density at radius 1 is 1.50 bits per heavy atom. The van der Waals surface area contributed by atoms with Gasteiger partial charge in [-0.2, -0.15) is 0 Å². The summed E-state index contributed by atoms with van der Waals surface area (Å²) in [5.41, 5.74) is 1.49. The molecular formula is C12H21NO. The summed E-state index contributed by atoms with van der Waals surface area (Å²) < 4.78 is 0. The van der Waals surface area contributed by atoms with Crippen molar-refractivity contribution >= 4 is 0 Å². The third kappa shape index (κ3) is 2.58. The van der Waals surface area contributed by atoms with E-state index in [1.54, 1.807) is 0 Å². The van der Waals surface area contributed by atoms with E-state index in [0.717, 1.165) is 19.5 Å². The Labute approximate surface area is 86.4 Å². The van der Waals surface area contributed by atoms with Crippen LogP contribution in [0, 0.1) is 5.92 Å². The first kappa shape index (κ1) is 10.2. The highest BCUT2D eigenvalue weighted by Gasteiger charge is 2.22. The second kappa shape index (κ2) is 4.94. The van der Waals surface area contributed by atoms with Crippen LogP contribution in [0.5, 0.6) is 0 Å². The Bertz CT molecular complexity index is 206. The molecule has 0 saturated carbocycles. The summed E-state index contributed by atoms with van der Waals surface area (Å²) >= 11 is 0. The summed E-state index contributed by atoms with van der Waals surface area (Å²) in [5, 5.41) is 13.4. The van der Waals surface area contributed by atoms with Gasteiger partial charge in [0.15, 0.2) is 0 Å². The molecule has 0 aromatic rings. The molecule has 2 atom stereocenters. The fourth-order valence-electron chi connectivity index (χ4n) is 2.57. The second-order valence-electron chi connectivity index (χ2n) is 4.63. The first-order valence-corrected chi connectivity index (χ1v) is 5.93. The fraction of sp³-hybridized carbons (Fsp3) is 0.833. The van der Waals surface area contributed by atoms with Gasteiger partial charge in [0.1, 0.15) is 0 Å². The fourth-order valence-corrected chi connectivity index (χ4v) is 2.57. The van der Waals surface area contributed by atoms with Crippen LogP contribution in [0.4, 0.5) is 0 Å². The Kier molecular flexibility index (Phi) is 3.60. The summed E-state index contributed by atoms with van der Waals surface area (Å²) in [6.07, 6.45) is 9.30. The Hall–Kier alpha value is -0.340. The SMILES string of the molecule is OC(CC1=CCCC1)C1CCCNC1. The lowest BCUT2D eigenvalue weighted by atomic mass is 9.90. The molecule has 1 saturated heterocycles. The average molecular weight is 195 g/mol. The molecule has 2 nitrogen and oxygen atoms in total. The van der Waals surface area contributed by atoms with Gasteiger partial charge in [0.05, 0.1) is 6.10 Å². The minimum Gasteiger partial charge on any atom is -0.392 e. The lowest BCUT2D eigenvalue weighted by Gasteiger charge is -2.27. The van der Waals surface area contributed by atoms with E-state index in [1.807, 2.05) is 0 Å². The Morgan fingerprint density at radius 3 is 3.07 bits per heavy atom. The van der Waals surface area contributed by atoms with E-state index in [1.165, 1.54) is 37.7 Å². The molecule has 80 valence electrons. The standard InChI is InChI=1S/C12H21NO/c14-12(8-10-4-1-2-5-10)11-6-3-7-13-9-11/h4,11-14H,1-3,5-9H2. The second-order valence-corrected chi connectivity index (χ2v) is 4.63. The van der Waals surface area contributed by atoms with Gasteiger partial charge >= 0.3 is 0 Å². The summed E-state index contributed by atoms with van der Waals surface area (Å²) in [4.78, 5) is 0. The van der Waals surface area contributed by atoms with Crippen LogP contribution >= 0.6 is 0 Å². The molecule has 2 unspecified atom stereocenters. The molecule has 2 aliphatic rings.